The molecule has 20 heavy (non-hydrogen) atoms. The van der Waals surface area contributed by atoms with Gasteiger partial charge in [0, 0.05) is 19.6 Å². The maximum Gasteiger partial charge on any atom is 0.322 e. The molecule has 0 aromatic carbocycles. The molecule has 0 aromatic heterocycles. The van der Waals surface area contributed by atoms with Gasteiger partial charge in [-0.3, -0.25) is 9.59 Å². The molecule has 2 fully saturated rings. The predicted octanol–water partition coefficient (Wildman–Crippen LogP) is -1.01. The average molecular weight is 305 g/mol. The van der Waals surface area contributed by atoms with Crippen molar-refractivity contribution < 1.29 is 23.1 Å². The summed E-state index contributed by atoms with van der Waals surface area (Å²) in [5.41, 5.74) is 0. The average Bonchev–Trinajstić information content (AvgIpc) is 2.41. The van der Waals surface area contributed by atoms with Crippen molar-refractivity contribution in [2.75, 3.05) is 19.6 Å². The SMILES string of the molecule is CC1C(=O)NCCN1S(=O)(=O)N1CCCCC1C(=O)O. The van der Waals surface area contributed by atoms with Gasteiger partial charge in [-0.1, -0.05) is 0 Å². The number of piperidine rings is 1. The van der Waals surface area contributed by atoms with Crippen LogP contribution in [0.4, 0.5) is 0 Å². The van der Waals surface area contributed by atoms with E-state index in [2.05, 4.69) is 5.32 Å². The minimum Gasteiger partial charge on any atom is -0.480 e. The highest BCUT2D eigenvalue weighted by molar-refractivity contribution is 7.86. The van der Waals surface area contributed by atoms with Crippen molar-refractivity contribution in [3.63, 3.8) is 0 Å². The number of amides is 1. The molecule has 0 spiro atoms. The van der Waals surface area contributed by atoms with Gasteiger partial charge in [0.1, 0.15) is 12.1 Å². The molecule has 2 rings (SSSR count). The molecule has 2 heterocycles. The van der Waals surface area contributed by atoms with Crippen LogP contribution in [0.1, 0.15) is 26.2 Å². The van der Waals surface area contributed by atoms with Gasteiger partial charge in [0.05, 0.1) is 0 Å². The summed E-state index contributed by atoms with van der Waals surface area (Å²) in [5, 5.41) is 11.8. The third kappa shape index (κ3) is 2.65. The van der Waals surface area contributed by atoms with Gasteiger partial charge in [0.2, 0.25) is 5.91 Å². The Hall–Kier alpha value is -1.19. The summed E-state index contributed by atoms with van der Waals surface area (Å²) in [5.74, 6) is -1.49. The van der Waals surface area contributed by atoms with E-state index in [0.29, 0.717) is 19.3 Å². The van der Waals surface area contributed by atoms with Crippen molar-refractivity contribution in [1.82, 2.24) is 13.9 Å². The molecule has 114 valence electrons. The number of nitrogens with zero attached hydrogens (tertiary/aromatic N) is 2. The van der Waals surface area contributed by atoms with E-state index in [1.807, 2.05) is 0 Å². The Morgan fingerprint density at radius 3 is 2.65 bits per heavy atom. The van der Waals surface area contributed by atoms with Crippen LogP contribution in [0.3, 0.4) is 0 Å². The Balaban J connectivity index is 2.28. The third-order valence-corrected chi connectivity index (χ3v) is 5.90. The van der Waals surface area contributed by atoms with Crippen LogP contribution in [-0.2, 0) is 19.8 Å². The second kappa shape index (κ2) is 5.66. The van der Waals surface area contributed by atoms with Crippen molar-refractivity contribution in [3.05, 3.63) is 0 Å². The fourth-order valence-corrected chi connectivity index (χ4v) is 4.60. The first-order valence-electron chi connectivity index (χ1n) is 6.65. The monoisotopic (exact) mass is 305 g/mol. The van der Waals surface area contributed by atoms with Gasteiger partial charge in [-0.2, -0.15) is 17.0 Å². The number of carboxylic acid groups (broad SMARTS) is 1. The van der Waals surface area contributed by atoms with Crippen LogP contribution < -0.4 is 5.32 Å². The van der Waals surface area contributed by atoms with Gasteiger partial charge in [0.25, 0.3) is 10.2 Å². The van der Waals surface area contributed by atoms with Crippen molar-refractivity contribution in [3.8, 4) is 0 Å². The zero-order valence-electron chi connectivity index (χ0n) is 11.3. The van der Waals surface area contributed by atoms with Crippen LogP contribution in [0.15, 0.2) is 0 Å². The lowest BCUT2D eigenvalue weighted by molar-refractivity contribution is -0.142. The smallest absolute Gasteiger partial charge is 0.322 e. The number of carbonyl (C=O) groups excluding carboxylic acids is 1. The number of carboxylic acids is 1. The van der Waals surface area contributed by atoms with Gasteiger partial charge in [-0.25, -0.2) is 0 Å². The molecule has 0 radical (unpaired) electrons. The fraction of sp³-hybridized carbons (Fsp3) is 0.818. The van der Waals surface area contributed by atoms with Gasteiger partial charge in [-0.05, 0) is 26.2 Å². The largest absolute Gasteiger partial charge is 0.480 e. The molecule has 2 aliphatic heterocycles. The molecule has 8 nitrogen and oxygen atoms in total. The standard InChI is InChI=1S/C11H19N3O5S/c1-8-10(15)12-5-7-13(8)20(18,19)14-6-3-2-4-9(14)11(16)17/h8-9H,2-7H2,1H3,(H,12,15)(H,16,17). The summed E-state index contributed by atoms with van der Waals surface area (Å²) in [6.45, 7) is 2.10. The van der Waals surface area contributed by atoms with Crippen LogP contribution in [-0.4, -0.2) is 65.7 Å². The number of rotatable bonds is 3. The van der Waals surface area contributed by atoms with Crippen molar-refractivity contribution in [2.24, 2.45) is 0 Å². The van der Waals surface area contributed by atoms with E-state index in [1.165, 1.54) is 6.92 Å². The molecule has 2 atom stereocenters. The molecule has 2 saturated heterocycles. The lowest BCUT2D eigenvalue weighted by Crippen LogP contribution is -2.61. The van der Waals surface area contributed by atoms with Crippen LogP contribution >= 0.6 is 0 Å². The Labute approximate surface area is 117 Å². The van der Waals surface area contributed by atoms with E-state index < -0.39 is 28.3 Å². The van der Waals surface area contributed by atoms with E-state index in [4.69, 9.17) is 0 Å². The first kappa shape index (κ1) is 15.2. The van der Waals surface area contributed by atoms with Crippen LogP contribution in [0.5, 0.6) is 0 Å². The van der Waals surface area contributed by atoms with E-state index in [9.17, 15) is 23.1 Å². The summed E-state index contributed by atoms with van der Waals surface area (Å²) in [4.78, 5) is 22.8. The number of aliphatic carboxylic acids is 1. The predicted molar refractivity (Wildman–Crippen MR) is 70.1 cm³/mol. The first-order valence-corrected chi connectivity index (χ1v) is 8.04. The molecule has 0 aromatic rings. The second-order valence-corrected chi connectivity index (χ2v) is 6.88. The third-order valence-electron chi connectivity index (χ3n) is 3.77. The zero-order chi connectivity index (χ0) is 14.9. The Morgan fingerprint density at radius 1 is 1.30 bits per heavy atom. The maximum absolute atomic E-state index is 12.6. The van der Waals surface area contributed by atoms with Crippen LogP contribution in [0, 0.1) is 0 Å². The molecule has 2 N–H and O–H groups in total. The molecule has 9 heteroatoms. The second-order valence-electron chi connectivity index (χ2n) is 5.05. The number of piperazine rings is 1. The molecule has 0 bridgehead atoms. The lowest BCUT2D eigenvalue weighted by atomic mass is 10.1. The zero-order valence-corrected chi connectivity index (χ0v) is 12.1. The molecule has 0 aliphatic carbocycles. The van der Waals surface area contributed by atoms with E-state index in [1.54, 1.807) is 0 Å². The molecule has 2 unspecified atom stereocenters. The number of nitrogens with one attached hydrogen (secondary N) is 1. The summed E-state index contributed by atoms with van der Waals surface area (Å²) < 4.78 is 27.4. The van der Waals surface area contributed by atoms with Crippen LogP contribution in [0.25, 0.3) is 0 Å². The minimum atomic E-state index is -3.94. The summed E-state index contributed by atoms with van der Waals surface area (Å²) in [7, 11) is -3.94. The molecule has 0 saturated carbocycles. The molecule has 1 amide bonds. The number of carbonyl (C=O) groups is 2. The van der Waals surface area contributed by atoms with E-state index >= 15 is 0 Å². The first-order chi connectivity index (χ1) is 9.35. The molecular formula is C11H19N3O5S. The lowest BCUT2D eigenvalue weighted by Gasteiger charge is -2.39. The van der Waals surface area contributed by atoms with Gasteiger partial charge >= 0.3 is 5.97 Å². The van der Waals surface area contributed by atoms with Crippen molar-refractivity contribution in [2.45, 2.75) is 38.3 Å². The summed E-state index contributed by atoms with van der Waals surface area (Å²) in [6, 6.07) is -1.85. The molecule has 2 aliphatic rings. The quantitative estimate of drug-likeness (QED) is 0.695. The maximum atomic E-state index is 12.6. The fourth-order valence-electron chi connectivity index (χ4n) is 2.64. The highest BCUT2D eigenvalue weighted by Gasteiger charge is 2.43. The Kier molecular flexibility index (Phi) is 4.31. The summed E-state index contributed by atoms with van der Waals surface area (Å²) >= 11 is 0. The van der Waals surface area contributed by atoms with Gasteiger partial charge in [-0.15, -0.1) is 0 Å². The highest BCUT2D eigenvalue weighted by Crippen LogP contribution is 2.24. The Morgan fingerprint density at radius 2 is 2.00 bits per heavy atom. The highest BCUT2D eigenvalue weighted by atomic mass is 32.2. The Bertz CT molecular complexity index is 506. The van der Waals surface area contributed by atoms with E-state index in [-0.39, 0.29) is 25.5 Å². The van der Waals surface area contributed by atoms with E-state index in [0.717, 1.165) is 8.61 Å². The minimum absolute atomic E-state index is 0.165. The van der Waals surface area contributed by atoms with Crippen molar-refractivity contribution in [1.29, 1.82) is 0 Å². The molecular weight excluding hydrogens is 286 g/mol. The topological polar surface area (TPSA) is 107 Å². The number of hydrogen-bond acceptors (Lipinski definition) is 4. The number of hydrogen-bond donors (Lipinski definition) is 2. The normalized spacial score (nSPS) is 29.9. The van der Waals surface area contributed by atoms with Gasteiger partial charge < -0.3 is 10.4 Å². The van der Waals surface area contributed by atoms with Crippen molar-refractivity contribution >= 4 is 22.1 Å². The van der Waals surface area contributed by atoms with Gasteiger partial charge in [0.15, 0.2) is 0 Å². The summed E-state index contributed by atoms with van der Waals surface area (Å²) in [6.07, 6.45) is 1.64. The van der Waals surface area contributed by atoms with Crippen LogP contribution in [0.2, 0.25) is 0 Å².